The lowest BCUT2D eigenvalue weighted by molar-refractivity contribution is -0.178. The number of thiol groups is 1. The number of aliphatic hydroxyl groups is 3. The molecule has 28 heteroatoms. The fourth-order valence-electron chi connectivity index (χ4n) is 21.1. The zero-order valence-corrected chi connectivity index (χ0v) is 87.3. The average Bonchev–Trinajstić information content (AvgIpc) is 0.713. The number of amides is 1. The molecule has 12 rings (SSSR count). The minimum atomic E-state index is -3.48. The number of nitrogens with zero attached hydrogens (tertiary/aromatic N) is 3. The van der Waals surface area contributed by atoms with Crippen LogP contribution >= 0.6 is 82.9 Å². The van der Waals surface area contributed by atoms with Crippen LogP contribution in [0.2, 0.25) is 0 Å². The molecule has 7 aliphatic rings. The van der Waals surface area contributed by atoms with E-state index < -0.39 is 30.4 Å². The van der Waals surface area contributed by atoms with E-state index in [4.69, 9.17) is 61.5 Å². The number of fused-ring (bicyclic) bond motifs is 7. The average molecular weight is 1900 g/mol. The number of hydrogen-bond donors (Lipinski definition) is 5. The molecular weight excluding hydrogens is 1750 g/mol. The fourth-order valence-corrected chi connectivity index (χ4v) is 24.6. The topological polar surface area (TPSA) is 241 Å². The Kier molecular flexibility index (Phi) is 42.2. The van der Waals surface area contributed by atoms with Crippen LogP contribution in [0.4, 0.5) is 4.79 Å². The van der Waals surface area contributed by atoms with E-state index >= 15 is 0 Å². The molecule has 2 unspecified atom stereocenters. The summed E-state index contributed by atoms with van der Waals surface area (Å²) in [6.07, 6.45) is 19.6. The second kappa shape index (κ2) is 46.9. The fraction of sp³-hybridized carbons (Fsp3) is 0.656. The van der Waals surface area contributed by atoms with E-state index in [1.807, 2.05) is 123 Å². The Labute approximate surface area is 781 Å². The third kappa shape index (κ3) is 32.1. The number of aromatic hydroxyl groups is 1. The highest BCUT2D eigenvalue weighted by Gasteiger charge is 2.62. The second-order valence-electron chi connectivity index (χ2n) is 39.1. The lowest BCUT2D eigenvalue weighted by atomic mass is 9.43. The van der Waals surface area contributed by atoms with Crippen molar-refractivity contribution in [3.05, 3.63) is 118 Å². The number of hydrogen-bond acceptors (Lipinski definition) is 21. The molecule has 5 aromatic rings. The molecule has 0 saturated heterocycles. The molecule has 1 heterocycles. The van der Waals surface area contributed by atoms with Gasteiger partial charge in [0.25, 0.3) is 20.5 Å². The summed E-state index contributed by atoms with van der Waals surface area (Å²) >= 11 is 22.3. The molecule has 6 saturated carbocycles. The van der Waals surface area contributed by atoms with Crippen molar-refractivity contribution in [1.29, 1.82) is 0 Å². The molecule has 6 fully saturated rings. The number of aryl methyl sites for hydroxylation is 5. The Morgan fingerprint density at radius 1 is 0.516 bits per heavy atom. The molecule has 702 valence electrons. The summed E-state index contributed by atoms with van der Waals surface area (Å²) in [6.45, 7) is 38.2. The largest absolute Gasteiger partial charge is 0.508 e. The number of thiocarbonyl (C=S) groups is 2. The standard InChI is InChI=1S/C23H34OS.C16H30O4S.C15H28O2.2C11H15NO2S.C8H10O2.C8H10OS.C3H6ClNS.CH3ClO2S/c1-15-12-16(24-6)20-17(13-15)25-14-19-22(4)10-7-9-21(2,3)18(22)8-11-23(19,20)5;1-14(2)8-6-9-15(3)12(14)7-10-16(4,17)13(15)11-20-21(5,18)19;1-13(2)7-5-8-14(3)11(13)6-9-15(4,17)12(14)10-16;1-8-5-9(14-4)7-10(6-8)15-11(13)12(2)3;1-8-5-9(13-4)7-10(6-8)14-11(15)12(2)3;1-6-3-7(9)5-8(4-6)10-2;1-6-3-7(9-2)5-8(10)4-6;1-5(2)3(4)6;1-5(2,3)4/h12-13,18-19H,7-11,14H2,1-6H3;12-13,17H,6-11H2,1-5H3;11-12,16-17H,5-10H2,1-4H3;2*5-7H,1-4H3;3-5,9H,1-2H3;3-5,10H,1-2H3;1-2H3;1H3/t18-,19+,22-,23+;12-,13?,15-,16+;11-,12?,14-,15+;;;;;;/m000....../s1. The van der Waals surface area contributed by atoms with E-state index in [-0.39, 0.29) is 57.7 Å². The third-order valence-corrected chi connectivity index (χ3v) is 31.0. The highest BCUT2D eigenvalue weighted by Crippen LogP contribution is 2.69. The smallest absolute Gasteiger partial charge is 0.285 e. The van der Waals surface area contributed by atoms with E-state index in [9.17, 15) is 36.9 Å². The van der Waals surface area contributed by atoms with Crippen LogP contribution in [0.3, 0.4) is 0 Å². The van der Waals surface area contributed by atoms with E-state index in [0.29, 0.717) is 55.6 Å². The van der Waals surface area contributed by atoms with Gasteiger partial charge in [0.2, 0.25) is 9.05 Å². The predicted molar refractivity (Wildman–Crippen MR) is 525 cm³/mol. The van der Waals surface area contributed by atoms with Crippen molar-refractivity contribution >= 4 is 117 Å². The molecule has 1 aliphatic heterocycles. The number of aliphatic hydroxyl groups excluding tert-OH is 1. The van der Waals surface area contributed by atoms with Gasteiger partial charge in [-0.2, -0.15) is 8.42 Å². The highest BCUT2D eigenvalue weighted by atomic mass is 35.7. The Balaban J connectivity index is 0.000000303. The normalized spacial score (nSPS) is 26.8. The first-order valence-corrected chi connectivity index (χ1v) is 50.7. The number of carbonyl (C=O) groups excluding carboxylic acids is 1. The van der Waals surface area contributed by atoms with Gasteiger partial charge in [0.1, 0.15) is 40.2 Å². The van der Waals surface area contributed by atoms with Gasteiger partial charge in [0, 0.05) is 115 Å². The van der Waals surface area contributed by atoms with E-state index in [2.05, 4.69) is 136 Å². The quantitative estimate of drug-likeness (QED) is 0.0206. The maximum atomic E-state index is 11.5. The summed E-state index contributed by atoms with van der Waals surface area (Å²) in [5, 5.41) is 40.6. The number of thioether (sulfide) groups is 2. The number of methoxy groups -OCH3 is 5. The number of carbonyl (C=O) groups is 1. The van der Waals surface area contributed by atoms with Crippen molar-refractivity contribution in [3.8, 4) is 40.2 Å². The summed E-state index contributed by atoms with van der Waals surface area (Å²) in [5.74, 6) is 9.13. The summed E-state index contributed by atoms with van der Waals surface area (Å²) in [6, 6.07) is 27.0. The Morgan fingerprint density at radius 2 is 0.911 bits per heavy atom. The number of phenolic OH excluding ortho intramolecular Hbond substituents is 1. The summed E-state index contributed by atoms with van der Waals surface area (Å²) < 4.78 is 78.6. The molecule has 12 atom stereocenters. The van der Waals surface area contributed by atoms with Gasteiger partial charge in [-0.05, 0) is 318 Å². The molecule has 5 aromatic carbocycles. The highest BCUT2D eigenvalue weighted by molar-refractivity contribution is 8.13. The van der Waals surface area contributed by atoms with Gasteiger partial charge in [-0.1, -0.05) is 100 Å². The minimum absolute atomic E-state index is 0.0163. The number of rotatable bonds is 11. The van der Waals surface area contributed by atoms with Crippen molar-refractivity contribution in [1.82, 2.24) is 14.7 Å². The van der Waals surface area contributed by atoms with Gasteiger partial charge in [0.15, 0.2) is 4.45 Å². The SMILES string of the molecule is CC1(C)CCC[C@]2(C)C(CO)[C@](C)(O)CC[C@@H]12.CC1(C)CCC[C@]2(C)C(COS(C)(=O)=O)[C@](C)(O)CC[C@@H]12.CN(C)C(=S)Cl.COc1cc(C)cc(O)c1.COc1cc(C)cc(OC(=S)N(C)C)c1.COc1cc(C)cc(S)c1.COc1cc(C)cc(SC(=O)N(C)C)c1.COc1cc(C)cc2c1[C@]1(C)CC[C@H]3C(C)(C)CCC[C@]3(C)[C@H]1CS2.CS(=O)(=O)Cl. The van der Waals surface area contributed by atoms with Crippen LogP contribution in [0.15, 0.2) is 99.6 Å². The van der Waals surface area contributed by atoms with Crippen molar-refractivity contribution in [3.63, 3.8) is 0 Å². The lowest BCUT2D eigenvalue weighted by Crippen LogP contribution is -2.59. The minimum Gasteiger partial charge on any atom is -0.508 e. The molecule has 0 aromatic heterocycles. The number of ether oxygens (including phenoxy) is 6. The molecule has 124 heavy (non-hydrogen) atoms. The molecule has 1 amide bonds. The molecule has 0 radical (unpaired) electrons. The van der Waals surface area contributed by atoms with Crippen LogP contribution in [0, 0.1) is 103 Å². The molecule has 19 nitrogen and oxygen atoms in total. The van der Waals surface area contributed by atoms with Gasteiger partial charge in [-0.15, -0.1) is 24.4 Å². The molecule has 0 bridgehead atoms. The van der Waals surface area contributed by atoms with Crippen molar-refractivity contribution in [2.75, 3.05) is 109 Å². The summed E-state index contributed by atoms with van der Waals surface area (Å²) in [7, 11) is 16.9. The second-order valence-corrected chi connectivity index (χ2v) is 47.7. The maximum absolute atomic E-state index is 11.5. The van der Waals surface area contributed by atoms with Crippen LogP contribution in [-0.2, 0) is 28.8 Å². The van der Waals surface area contributed by atoms with Crippen LogP contribution in [0.25, 0.3) is 0 Å². The first-order chi connectivity index (χ1) is 57.0. The van der Waals surface area contributed by atoms with Gasteiger partial charge in [0.05, 0.1) is 65.9 Å². The Bertz CT molecular complexity index is 4360. The first kappa shape index (κ1) is 112. The lowest BCUT2D eigenvalue weighted by Gasteiger charge is -2.64. The van der Waals surface area contributed by atoms with E-state index in [0.717, 1.165) is 112 Å². The van der Waals surface area contributed by atoms with Crippen LogP contribution < -0.4 is 28.4 Å². The van der Waals surface area contributed by atoms with E-state index in [1.54, 1.807) is 83.5 Å². The summed E-state index contributed by atoms with van der Waals surface area (Å²) in [5.41, 5.74) is 7.50. The zero-order chi connectivity index (χ0) is 94.7. The molecule has 0 spiro atoms. The molecule has 6 aliphatic carbocycles. The van der Waals surface area contributed by atoms with Crippen molar-refractivity contribution in [2.24, 2.45) is 68.0 Å². The summed E-state index contributed by atoms with van der Waals surface area (Å²) in [4.78, 5) is 19.8. The molecular formula is C96H151Cl2N3O16S7. The zero-order valence-electron chi connectivity index (χ0n) is 80.0. The van der Waals surface area contributed by atoms with Crippen molar-refractivity contribution < 1.29 is 74.7 Å². The van der Waals surface area contributed by atoms with Gasteiger partial charge >= 0.3 is 0 Å². The van der Waals surface area contributed by atoms with E-state index in [1.165, 1.54) is 90.5 Å². The maximum Gasteiger partial charge on any atom is 0.285 e. The number of benzene rings is 5. The Hall–Kier alpha value is -4.68. The Morgan fingerprint density at radius 3 is 1.34 bits per heavy atom. The third-order valence-electron chi connectivity index (χ3n) is 26.9. The van der Waals surface area contributed by atoms with Gasteiger partial charge in [-0.25, -0.2) is 8.42 Å². The van der Waals surface area contributed by atoms with Crippen LogP contribution in [0.1, 0.15) is 213 Å². The van der Waals surface area contributed by atoms with Gasteiger partial charge < -0.3 is 63.5 Å². The number of halogens is 2. The monoisotopic (exact) mass is 1900 g/mol. The van der Waals surface area contributed by atoms with Crippen molar-refractivity contribution in [2.45, 2.75) is 245 Å². The number of phenols is 1. The molecule has 4 N–H and O–H groups in total. The van der Waals surface area contributed by atoms with Crippen LogP contribution in [0.5, 0.6) is 40.2 Å². The predicted octanol–water partition coefficient (Wildman–Crippen LogP) is 22.8. The van der Waals surface area contributed by atoms with Crippen LogP contribution in [-0.4, -0.2) is 187 Å². The first-order valence-electron chi connectivity index (χ1n) is 42.8. The van der Waals surface area contributed by atoms with Gasteiger partial charge in [-0.3, -0.25) is 8.98 Å².